The van der Waals surface area contributed by atoms with E-state index in [0.717, 1.165) is 12.1 Å². The number of hydrogen-bond donors (Lipinski definition) is 1. The number of urea groups is 1. The second-order valence-electron chi connectivity index (χ2n) is 8.76. The number of ether oxygens (including phenoxy) is 2. The number of alkyl halides is 1. The topological polar surface area (TPSA) is 83.1 Å². The predicted molar refractivity (Wildman–Crippen MR) is 144 cm³/mol. The number of likely N-dealkylation sites (N-methyl/N-ethyl adjacent to an activating group) is 1. The van der Waals surface area contributed by atoms with E-state index in [1.165, 1.54) is 21.1 Å². The van der Waals surface area contributed by atoms with Gasteiger partial charge in [-0.25, -0.2) is 14.2 Å². The number of amides is 2. The van der Waals surface area contributed by atoms with Gasteiger partial charge in [-0.2, -0.15) is 4.98 Å². The summed E-state index contributed by atoms with van der Waals surface area (Å²) in [6, 6.07) is 5.19. The number of hydrogen-bond acceptors (Lipinski definition) is 8. The monoisotopic (exact) mass is 544 g/mol. The molecule has 2 aliphatic heterocycles. The average Bonchev–Trinajstić information content (AvgIpc) is 3.25. The van der Waals surface area contributed by atoms with Crippen molar-refractivity contribution in [2.24, 2.45) is 0 Å². The minimum Gasteiger partial charge on any atom is -0.488 e. The normalized spacial score (nSPS) is 15.9. The van der Waals surface area contributed by atoms with Gasteiger partial charge in [0.15, 0.2) is 11.5 Å². The maximum absolute atomic E-state index is 13.7. The molecule has 0 radical (unpaired) electrons. The second-order valence-corrected chi connectivity index (χ2v) is 10.2. The highest BCUT2D eigenvalue weighted by molar-refractivity contribution is 7.15. The summed E-state index contributed by atoms with van der Waals surface area (Å²) in [5.41, 5.74) is 2.21. The molecule has 2 aliphatic rings. The molecule has 0 saturated carbocycles. The van der Waals surface area contributed by atoms with Crippen LogP contribution in [0.2, 0.25) is 4.34 Å². The summed E-state index contributed by atoms with van der Waals surface area (Å²) in [5, 5.41) is 4.83. The van der Waals surface area contributed by atoms with E-state index in [4.69, 9.17) is 21.1 Å². The lowest BCUT2D eigenvalue weighted by Gasteiger charge is -2.35. The van der Waals surface area contributed by atoms with Crippen molar-refractivity contribution in [1.29, 1.82) is 0 Å². The van der Waals surface area contributed by atoms with Gasteiger partial charge in [0.1, 0.15) is 30.0 Å². The smallest absolute Gasteiger partial charge is 0.330 e. The highest BCUT2D eigenvalue weighted by atomic mass is 35.5. The van der Waals surface area contributed by atoms with Crippen LogP contribution in [0.3, 0.4) is 0 Å². The van der Waals surface area contributed by atoms with Crippen LogP contribution in [0.5, 0.6) is 11.5 Å². The lowest BCUT2D eigenvalue weighted by molar-refractivity contribution is 0.246. The fraction of sp³-hybridized carbons (Fsp3) is 0.320. The van der Waals surface area contributed by atoms with Gasteiger partial charge in [-0.05, 0) is 32.3 Å². The molecule has 0 fully saturated rings. The Morgan fingerprint density at radius 2 is 2.16 bits per heavy atom. The van der Waals surface area contributed by atoms with Crippen LogP contribution in [0.1, 0.15) is 11.1 Å². The average molecular weight is 545 g/mol. The Bertz CT molecular complexity index is 1330. The summed E-state index contributed by atoms with van der Waals surface area (Å²) in [4.78, 5) is 27.8. The molecule has 5 rings (SSSR count). The number of thiophene rings is 1. The first-order valence-corrected chi connectivity index (χ1v) is 12.9. The zero-order valence-corrected chi connectivity index (χ0v) is 22.0. The first-order valence-electron chi connectivity index (χ1n) is 11.7. The van der Waals surface area contributed by atoms with E-state index in [1.807, 2.05) is 49.3 Å². The van der Waals surface area contributed by atoms with E-state index in [1.54, 1.807) is 11.6 Å². The first kappa shape index (κ1) is 25.2. The van der Waals surface area contributed by atoms with E-state index in [2.05, 4.69) is 15.3 Å². The van der Waals surface area contributed by atoms with Crippen molar-refractivity contribution in [1.82, 2.24) is 14.9 Å². The van der Waals surface area contributed by atoms with Crippen molar-refractivity contribution in [2.45, 2.75) is 13.2 Å². The Morgan fingerprint density at radius 3 is 2.97 bits per heavy atom. The van der Waals surface area contributed by atoms with Crippen LogP contribution in [-0.2, 0) is 13.2 Å². The Hall–Kier alpha value is -3.41. The molecule has 3 aromatic rings. The Balaban J connectivity index is 1.47. The van der Waals surface area contributed by atoms with E-state index in [0.29, 0.717) is 51.1 Å². The summed E-state index contributed by atoms with van der Waals surface area (Å²) < 4.78 is 25.9. The molecule has 0 atom stereocenters. The Kier molecular flexibility index (Phi) is 7.45. The van der Waals surface area contributed by atoms with E-state index in [9.17, 15) is 9.18 Å². The summed E-state index contributed by atoms with van der Waals surface area (Å²) in [7, 11) is 3.97. The Labute approximate surface area is 223 Å². The molecule has 0 saturated heterocycles. The van der Waals surface area contributed by atoms with Crippen molar-refractivity contribution in [3.05, 3.63) is 57.4 Å². The zero-order chi connectivity index (χ0) is 25.9. The minimum atomic E-state index is -0.717. The molecule has 1 N–H and O–H groups in total. The molecule has 0 aliphatic carbocycles. The summed E-state index contributed by atoms with van der Waals surface area (Å²) in [6.45, 7) is 1.27. The minimum absolute atomic E-state index is 0.185. The van der Waals surface area contributed by atoms with Gasteiger partial charge in [0, 0.05) is 47.5 Å². The quantitative estimate of drug-likeness (QED) is 0.425. The molecule has 4 bridgehead atoms. The molecule has 1 aromatic carbocycles. The maximum Gasteiger partial charge on any atom is 0.330 e. The van der Waals surface area contributed by atoms with Crippen molar-refractivity contribution in [3.63, 3.8) is 0 Å². The number of anilines is 4. The number of halogens is 2. The molecular weight excluding hydrogens is 519 g/mol. The molecule has 2 aromatic heterocycles. The third-order valence-corrected chi connectivity index (χ3v) is 7.13. The van der Waals surface area contributed by atoms with E-state index in [-0.39, 0.29) is 25.7 Å². The van der Waals surface area contributed by atoms with Gasteiger partial charge in [0.25, 0.3) is 0 Å². The van der Waals surface area contributed by atoms with Crippen LogP contribution in [0, 0.1) is 0 Å². The van der Waals surface area contributed by atoms with Crippen LogP contribution in [0.25, 0.3) is 0 Å². The fourth-order valence-electron chi connectivity index (χ4n) is 4.02. The van der Waals surface area contributed by atoms with E-state index < -0.39 is 6.67 Å². The second kappa shape index (κ2) is 10.9. The number of nitrogens with zero attached hydrogens (tertiary/aromatic N) is 5. The first-order chi connectivity index (χ1) is 17.9. The highest BCUT2D eigenvalue weighted by Gasteiger charge is 2.35. The third-order valence-electron chi connectivity index (χ3n) is 5.88. The van der Waals surface area contributed by atoms with Crippen molar-refractivity contribution in [2.75, 3.05) is 55.5 Å². The summed E-state index contributed by atoms with van der Waals surface area (Å²) in [6.07, 6.45) is 5.34. The van der Waals surface area contributed by atoms with Crippen molar-refractivity contribution < 1.29 is 18.7 Å². The van der Waals surface area contributed by atoms with Gasteiger partial charge < -0.3 is 19.7 Å². The van der Waals surface area contributed by atoms with Gasteiger partial charge in [-0.1, -0.05) is 17.7 Å². The SMILES string of the molecule is CN(C)CCOc1ccc2cc1OC/C=C\CN1C(=O)N(c3c(CF)csc3Cl)Cc3cnc(nc31)N2. The molecular formula is C25H26ClFN6O3S. The third kappa shape index (κ3) is 5.34. The molecule has 0 spiro atoms. The highest BCUT2D eigenvalue weighted by Crippen LogP contribution is 2.41. The van der Waals surface area contributed by atoms with Crippen molar-refractivity contribution >= 4 is 52.1 Å². The van der Waals surface area contributed by atoms with Crippen LogP contribution >= 0.6 is 22.9 Å². The molecule has 12 heteroatoms. The van der Waals surface area contributed by atoms with Crippen molar-refractivity contribution in [3.8, 4) is 11.5 Å². The summed E-state index contributed by atoms with van der Waals surface area (Å²) in [5.74, 6) is 2.03. The zero-order valence-electron chi connectivity index (χ0n) is 20.4. The largest absolute Gasteiger partial charge is 0.488 e. The van der Waals surface area contributed by atoms with Gasteiger partial charge in [0.2, 0.25) is 5.95 Å². The number of carbonyl (C=O) groups is 1. The van der Waals surface area contributed by atoms with Crippen LogP contribution < -0.4 is 24.6 Å². The molecule has 9 nitrogen and oxygen atoms in total. The number of nitrogens with one attached hydrogen (secondary N) is 1. The number of rotatable bonds is 6. The van der Waals surface area contributed by atoms with E-state index >= 15 is 0 Å². The molecule has 0 unspecified atom stereocenters. The van der Waals surface area contributed by atoms with Gasteiger partial charge in [0.05, 0.1) is 12.2 Å². The fourth-order valence-corrected chi connectivity index (χ4v) is 5.15. The molecule has 37 heavy (non-hydrogen) atoms. The summed E-state index contributed by atoms with van der Waals surface area (Å²) >= 11 is 7.57. The predicted octanol–water partition coefficient (Wildman–Crippen LogP) is 5.24. The maximum atomic E-state index is 13.7. The molecule has 2 amide bonds. The lowest BCUT2D eigenvalue weighted by atomic mass is 10.2. The lowest BCUT2D eigenvalue weighted by Crippen LogP contribution is -2.48. The Morgan fingerprint density at radius 1 is 1.30 bits per heavy atom. The van der Waals surface area contributed by atoms with Crippen LogP contribution in [0.4, 0.5) is 32.3 Å². The number of fused-ring (bicyclic) bond motifs is 3. The van der Waals surface area contributed by atoms with Crippen LogP contribution in [-0.4, -0.2) is 61.3 Å². The van der Waals surface area contributed by atoms with Crippen LogP contribution in [0.15, 0.2) is 41.9 Å². The number of carbonyl (C=O) groups excluding carboxylic acids is 1. The van der Waals surface area contributed by atoms with Gasteiger partial charge in [-0.15, -0.1) is 11.3 Å². The number of aromatic nitrogens is 2. The standard InChI is InChI=1S/C25H26ClFN6O3S/c1-31(2)8-10-36-19-6-5-18-11-20(19)35-9-4-3-7-32-23-17(13-28-24(29-18)30-23)14-33(25(32)34)21-16(12-27)15-37-22(21)26/h3-6,11,13,15H,7-10,12,14H2,1-2H3,(H,28,29,30)/b4-3-. The molecule has 194 valence electrons. The number of benzene rings is 1. The van der Waals surface area contributed by atoms with Gasteiger partial charge in [-0.3, -0.25) is 9.80 Å². The molecule has 4 heterocycles. The van der Waals surface area contributed by atoms with Gasteiger partial charge >= 0.3 is 6.03 Å².